The summed E-state index contributed by atoms with van der Waals surface area (Å²) in [6.07, 6.45) is 6.20. The lowest BCUT2D eigenvalue weighted by Crippen LogP contribution is -2.07. The Kier molecular flexibility index (Phi) is 11.3. The Morgan fingerprint density at radius 3 is 2.24 bits per heavy atom. The summed E-state index contributed by atoms with van der Waals surface area (Å²) in [5.74, 6) is -1.00. The number of aryl methyl sites for hydroxylation is 3. The first-order valence-corrected chi connectivity index (χ1v) is 11.8. The van der Waals surface area contributed by atoms with Crippen LogP contribution in [0.5, 0.6) is 5.75 Å². The first-order chi connectivity index (χ1) is 15.8. The predicted molar refractivity (Wildman–Crippen MR) is 131 cm³/mol. The van der Waals surface area contributed by atoms with Crippen molar-refractivity contribution in [3.8, 4) is 5.75 Å². The van der Waals surface area contributed by atoms with Gasteiger partial charge in [0.2, 0.25) is 0 Å². The zero-order valence-electron chi connectivity index (χ0n) is 19.9. The van der Waals surface area contributed by atoms with Crippen LogP contribution in [0.3, 0.4) is 0 Å². The van der Waals surface area contributed by atoms with Crippen molar-refractivity contribution in [2.24, 2.45) is 0 Å². The summed E-state index contributed by atoms with van der Waals surface area (Å²) >= 11 is 0. The molecule has 0 saturated carbocycles. The van der Waals surface area contributed by atoms with Crippen molar-refractivity contribution in [3.63, 3.8) is 0 Å². The zero-order chi connectivity index (χ0) is 24.1. The second kappa shape index (κ2) is 14.2. The molecule has 0 aliphatic heterocycles. The predicted octanol–water partition coefficient (Wildman–Crippen LogP) is 5.78. The van der Waals surface area contributed by atoms with E-state index in [-0.39, 0.29) is 12.8 Å². The van der Waals surface area contributed by atoms with Crippen LogP contribution < -0.4 is 10.1 Å². The molecule has 3 N–H and O–H groups in total. The van der Waals surface area contributed by atoms with E-state index >= 15 is 0 Å². The lowest BCUT2D eigenvalue weighted by atomic mass is 9.96. The number of hydrogen-bond acceptors (Lipinski definition) is 4. The van der Waals surface area contributed by atoms with Crippen LogP contribution in [0, 0.1) is 13.8 Å². The van der Waals surface area contributed by atoms with Gasteiger partial charge in [-0.1, -0.05) is 31.0 Å². The standard InChI is InChI=1S/C27H37NO5/c1-20-17-21(2)19-23(18-20)28-15-6-4-3-5-9-22-10-7-11-25(24(22)13-14-27(31)32)33-16-8-12-26(29)30/h7,10-11,17-19,28H,3-6,8-9,12-16H2,1-2H3,(H,29,30)(H,31,32). The van der Waals surface area contributed by atoms with Gasteiger partial charge in [-0.05, 0) is 86.4 Å². The van der Waals surface area contributed by atoms with E-state index in [1.807, 2.05) is 18.2 Å². The van der Waals surface area contributed by atoms with E-state index in [1.165, 1.54) is 16.8 Å². The third kappa shape index (κ3) is 10.4. The average molecular weight is 456 g/mol. The molecule has 0 radical (unpaired) electrons. The maximum absolute atomic E-state index is 11.1. The highest BCUT2D eigenvalue weighted by atomic mass is 16.5. The van der Waals surface area contributed by atoms with Crippen molar-refractivity contribution in [1.82, 2.24) is 0 Å². The summed E-state index contributed by atoms with van der Waals surface area (Å²) in [5, 5.41) is 21.4. The third-order valence-corrected chi connectivity index (χ3v) is 5.54. The third-order valence-electron chi connectivity index (χ3n) is 5.54. The smallest absolute Gasteiger partial charge is 0.303 e. The van der Waals surface area contributed by atoms with Crippen molar-refractivity contribution >= 4 is 17.6 Å². The Balaban J connectivity index is 1.80. The summed E-state index contributed by atoms with van der Waals surface area (Å²) in [6.45, 7) is 5.48. The van der Waals surface area contributed by atoms with Crippen molar-refractivity contribution < 1.29 is 24.5 Å². The van der Waals surface area contributed by atoms with Gasteiger partial charge in [-0.15, -0.1) is 0 Å². The molecular formula is C27H37NO5. The van der Waals surface area contributed by atoms with Gasteiger partial charge in [0.25, 0.3) is 0 Å². The minimum absolute atomic E-state index is 0.0482. The maximum atomic E-state index is 11.1. The van der Waals surface area contributed by atoms with Gasteiger partial charge in [-0.3, -0.25) is 9.59 Å². The number of carbonyl (C=O) groups is 2. The molecule has 2 aromatic carbocycles. The number of nitrogens with one attached hydrogen (secondary N) is 1. The van der Waals surface area contributed by atoms with Crippen molar-refractivity contribution in [3.05, 3.63) is 58.7 Å². The molecule has 0 atom stereocenters. The molecule has 6 heteroatoms. The number of rotatable bonds is 16. The molecule has 0 aliphatic rings. The van der Waals surface area contributed by atoms with Gasteiger partial charge >= 0.3 is 11.9 Å². The minimum atomic E-state index is -0.845. The SMILES string of the molecule is Cc1cc(C)cc(NCCCCCCc2cccc(OCCCC(=O)O)c2CCC(=O)O)c1. The minimum Gasteiger partial charge on any atom is -0.493 e. The number of anilines is 1. The van der Waals surface area contributed by atoms with E-state index in [4.69, 9.17) is 14.9 Å². The van der Waals surface area contributed by atoms with Crippen LogP contribution in [0.1, 0.15) is 67.2 Å². The number of unbranched alkanes of at least 4 members (excludes halogenated alkanes) is 3. The maximum Gasteiger partial charge on any atom is 0.303 e. The van der Waals surface area contributed by atoms with Crippen molar-refractivity contribution in [2.45, 2.75) is 71.6 Å². The number of benzene rings is 2. The summed E-state index contributed by atoms with van der Waals surface area (Å²) < 4.78 is 5.81. The molecule has 2 rings (SSSR count). The highest BCUT2D eigenvalue weighted by Gasteiger charge is 2.12. The summed E-state index contributed by atoms with van der Waals surface area (Å²) in [4.78, 5) is 21.8. The van der Waals surface area contributed by atoms with E-state index < -0.39 is 11.9 Å². The van der Waals surface area contributed by atoms with Crippen LogP contribution in [0.4, 0.5) is 5.69 Å². The van der Waals surface area contributed by atoms with E-state index in [2.05, 4.69) is 37.4 Å². The van der Waals surface area contributed by atoms with E-state index in [0.717, 1.165) is 49.8 Å². The van der Waals surface area contributed by atoms with E-state index in [1.54, 1.807) is 0 Å². The number of hydrogen-bond donors (Lipinski definition) is 3. The summed E-state index contributed by atoms with van der Waals surface area (Å²) in [6, 6.07) is 12.3. The Morgan fingerprint density at radius 1 is 0.848 bits per heavy atom. The Bertz CT molecular complexity index is 889. The van der Waals surface area contributed by atoms with Gasteiger partial charge < -0.3 is 20.3 Å². The largest absolute Gasteiger partial charge is 0.493 e. The molecule has 0 aliphatic carbocycles. The monoisotopic (exact) mass is 455 g/mol. The van der Waals surface area contributed by atoms with Gasteiger partial charge in [0.05, 0.1) is 6.61 Å². The average Bonchev–Trinajstić information content (AvgIpc) is 2.74. The summed E-state index contributed by atoms with van der Waals surface area (Å²) in [5.41, 5.74) is 5.77. The molecule has 0 saturated heterocycles. The second-order valence-corrected chi connectivity index (χ2v) is 8.60. The molecule has 33 heavy (non-hydrogen) atoms. The Hall–Kier alpha value is -3.02. The molecule has 0 spiro atoms. The van der Waals surface area contributed by atoms with Gasteiger partial charge in [0.1, 0.15) is 5.75 Å². The number of ether oxygens (including phenoxy) is 1. The molecule has 0 aromatic heterocycles. The Labute approximate surface area is 197 Å². The quantitative estimate of drug-likeness (QED) is 0.278. The number of aliphatic carboxylic acids is 2. The second-order valence-electron chi connectivity index (χ2n) is 8.60. The summed E-state index contributed by atoms with van der Waals surface area (Å²) in [7, 11) is 0. The van der Waals surface area contributed by atoms with Gasteiger partial charge in [0, 0.05) is 25.1 Å². The highest BCUT2D eigenvalue weighted by molar-refractivity contribution is 5.67. The fraction of sp³-hybridized carbons (Fsp3) is 0.481. The topological polar surface area (TPSA) is 95.9 Å². The Morgan fingerprint density at radius 2 is 1.55 bits per heavy atom. The lowest BCUT2D eigenvalue weighted by Gasteiger charge is -2.15. The van der Waals surface area contributed by atoms with Crippen molar-refractivity contribution in [1.29, 1.82) is 0 Å². The molecule has 0 heterocycles. The van der Waals surface area contributed by atoms with Gasteiger partial charge in [0.15, 0.2) is 0 Å². The van der Waals surface area contributed by atoms with Gasteiger partial charge in [-0.2, -0.15) is 0 Å². The molecule has 0 unspecified atom stereocenters. The normalized spacial score (nSPS) is 10.7. The lowest BCUT2D eigenvalue weighted by molar-refractivity contribution is -0.138. The molecule has 2 aromatic rings. The van der Waals surface area contributed by atoms with E-state index in [9.17, 15) is 9.59 Å². The fourth-order valence-electron chi connectivity index (χ4n) is 4.01. The fourth-order valence-corrected chi connectivity index (χ4v) is 4.01. The van der Waals surface area contributed by atoms with Crippen LogP contribution in [0.2, 0.25) is 0 Å². The first kappa shape index (κ1) is 26.2. The molecule has 6 nitrogen and oxygen atoms in total. The molecular weight excluding hydrogens is 418 g/mol. The van der Waals surface area contributed by atoms with Crippen LogP contribution in [-0.4, -0.2) is 35.3 Å². The first-order valence-electron chi connectivity index (χ1n) is 11.8. The van der Waals surface area contributed by atoms with Crippen LogP contribution in [0.25, 0.3) is 0 Å². The molecule has 0 bridgehead atoms. The molecule has 180 valence electrons. The number of carboxylic acids is 2. The van der Waals surface area contributed by atoms with Gasteiger partial charge in [-0.25, -0.2) is 0 Å². The molecule has 0 fully saturated rings. The van der Waals surface area contributed by atoms with Crippen LogP contribution >= 0.6 is 0 Å². The highest BCUT2D eigenvalue weighted by Crippen LogP contribution is 2.26. The van der Waals surface area contributed by atoms with Crippen LogP contribution in [-0.2, 0) is 22.4 Å². The van der Waals surface area contributed by atoms with Crippen molar-refractivity contribution in [2.75, 3.05) is 18.5 Å². The molecule has 0 amide bonds. The van der Waals surface area contributed by atoms with E-state index in [0.29, 0.717) is 25.2 Å². The number of carboxylic acid groups (broad SMARTS) is 2. The zero-order valence-corrected chi connectivity index (χ0v) is 19.9. The van der Waals surface area contributed by atoms with Crippen LogP contribution in [0.15, 0.2) is 36.4 Å².